The molecule has 2 nitrogen and oxygen atoms in total. The van der Waals surface area contributed by atoms with Crippen LogP contribution >= 0.6 is 11.6 Å². The Labute approximate surface area is 112 Å². The van der Waals surface area contributed by atoms with Gasteiger partial charge >= 0.3 is 0 Å². The van der Waals surface area contributed by atoms with E-state index in [1.165, 1.54) is 11.3 Å². The van der Waals surface area contributed by atoms with E-state index in [4.69, 9.17) is 17.3 Å². The summed E-state index contributed by atoms with van der Waals surface area (Å²) in [6.45, 7) is 1.48. The minimum Gasteiger partial charge on any atom is -0.339 e. The highest BCUT2D eigenvalue weighted by atomic mass is 35.5. The maximum atomic E-state index is 6.36. The quantitative estimate of drug-likeness (QED) is 0.893. The first-order valence-corrected chi connectivity index (χ1v) is 6.52. The van der Waals surface area contributed by atoms with Crippen LogP contribution in [0.3, 0.4) is 0 Å². The molecule has 18 heavy (non-hydrogen) atoms. The zero-order valence-electron chi connectivity index (χ0n) is 10.1. The van der Waals surface area contributed by atoms with Crippen LogP contribution in [0.15, 0.2) is 42.5 Å². The fraction of sp³-hybridized carbons (Fsp3) is 0.200. The second kappa shape index (κ2) is 4.63. The van der Waals surface area contributed by atoms with Crippen molar-refractivity contribution in [3.8, 4) is 0 Å². The SMILES string of the molecule is NCc1cccc(Cl)c1N1CCc2ccccc21. The molecular weight excluding hydrogens is 244 g/mol. The molecule has 0 bridgehead atoms. The number of halogens is 1. The Bertz CT molecular complexity index is 580. The second-order valence-corrected chi connectivity index (χ2v) is 4.89. The van der Waals surface area contributed by atoms with Crippen LogP contribution in [0, 0.1) is 0 Å². The lowest BCUT2D eigenvalue weighted by Crippen LogP contribution is -2.17. The van der Waals surface area contributed by atoms with Crippen molar-refractivity contribution in [2.24, 2.45) is 5.73 Å². The molecule has 0 amide bonds. The smallest absolute Gasteiger partial charge is 0.0646 e. The van der Waals surface area contributed by atoms with Crippen molar-refractivity contribution >= 4 is 23.0 Å². The van der Waals surface area contributed by atoms with Gasteiger partial charge in [0.2, 0.25) is 0 Å². The normalized spacial score (nSPS) is 13.8. The molecule has 0 aromatic heterocycles. The van der Waals surface area contributed by atoms with E-state index in [2.05, 4.69) is 29.2 Å². The third kappa shape index (κ3) is 1.78. The second-order valence-electron chi connectivity index (χ2n) is 4.48. The van der Waals surface area contributed by atoms with Gasteiger partial charge < -0.3 is 10.6 Å². The summed E-state index contributed by atoms with van der Waals surface area (Å²) in [6.07, 6.45) is 1.06. The number of nitrogens with zero attached hydrogens (tertiary/aromatic N) is 1. The number of rotatable bonds is 2. The Kier molecular flexibility index (Phi) is 2.98. The van der Waals surface area contributed by atoms with Gasteiger partial charge in [0.25, 0.3) is 0 Å². The van der Waals surface area contributed by atoms with Crippen molar-refractivity contribution in [1.29, 1.82) is 0 Å². The molecule has 0 saturated carbocycles. The Hall–Kier alpha value is -1.51. The summed E-state index contributed by atoms with van der Waals surface area (Å²) in [6, 6.07) is 14.4. The van der Waals surface area contributed by atoms with Crippen LogP contribution in [-0.2, 0) is 13.0 Å². The van der Waals surface area contributed by atoms with Gasteiger partial charge in [0, 0.05) is 18.8 Å². The van der Waals surface area contributed by atoms with Crippen LogP contribution in [-0.4, -0.2) is 6.54 Å². The van der Waals surface area contributed by atoms with E-state index in [1.54, 1.807) is 0 Å². The van der Waals surface area contributed by atoms with Crippen LogP contribution in [0.5, 0.6) is 0 Å². The van der Waals surface area contributed by atoms with Crippen molar-refractivity contribution in [1.82, 2.24) is 0 Å². The summed E-state index contributed by atoms with van der Waals surface area (Å²) < 4.78 is 0. The molecule has 0 spiro atoms. The van der Waals surface area contributed by atoms with Crippen molar-refractivity contribution in [3.05, 3.63) is 58.6 Å². The highest BCUT2D eigenvalue weighted by molar-refractivity contribution is 6.33. The fourth-order valence-electron chi connectivity index (χ4n) is 2.60. The molecule has 0 fully saturated rings. The number of benzene rings is 2. The number of nitrogens with two attached hydrogens (primary N) is 1. The molecule has 2 aromatic carbocycles. The van der Waals surface area contributed by atoms with E-state index in [1.807, 2.05) is 18.2 Å². The summed E-state index contributed by atoms with van der Waals surface area (Å²) >= 11 is 6.36. The van der Waals surface area contributed by atoms with Crippen LogP contribution in [0.2, 0.25) is 5.02 Å². The van der Waals surface area contributed by atoms with E-state index < -0.39 is 0 Å². The molecule has 1 aliphatic heterocycles. The van der Waals surface area contributed by atoms with Crippen molar-refractivity contribution < 1.29 is 0 Å². The molecule has 0 saturated heterocycles. The van der Waals surface area contributed by atoms with E-state index in [-0.39, 0.29) is 0 Å². The lowest BCUT2D eigenvalue weighted by atomic mass is 10.1. The minimum atomic E-state index is 0.508. The Balaban J connectivity index is 2.13. The highest BCUT2D eigenvalue weighted by Crippen LogP contribution is 2.39. The Morgan fingerprint density at radius 3 is 2.78 bits per heavy atom. The standard InChI is InChI=1S/C15H15ClN2/c16-13-6-3-5-12(10-17)15(13)18-9-8-11-4-1-2-7-14(11)18/h1-7H,8-10,17H2. The molecule has 2 N–H and O–H groups in total. The number of hydrogen-bond acceptors (Lipinski definition) is 2. The Morgan fingerprint density at radius 1 is 1.11 bits per heavy atom. The van der Waals surface area contributed by atoms with Gasteiger partial charge in [-0.1, -0.05) is 41.9 Å². The average molecular weight is 259 g/mol. The number of anilines is 2. The van der Waals surface area contributed by atoms with Gasteiger partial charge in [0.15, 0.2) is 0 Å². The molecule has 3 rings (SSSR count). The molecule has 3 heteroatoms. The molecule has 1 aliphatic rings. The number of para-hydroxylation sites is 2. The molecule has 0 radical (unpaired) electrons. The molecule has 92 valence electrons. The van der Waals surface area contributed by atoms with Crippen molar-refractivity contribution in [2.75, 3.05) is 11.4 Å². The lowest BCUT2D eigenvalue weighted by Gasteiger charge is -2.23. The van der Waals surface area contributed by atoms with Gasteiger partial charge in [-0.15, -0.1) is 0 Å². The third-order valence-electron chi connectivity index (χ3n) is 3.45. The van der Waals surface area contributed by atoms with Crippen molar-refractivity contribution in [2.45, 2.75) is 13.0 Å². The monoisotopic (exact) mass is 258 g/mol. The summed E-state index contributed by atoms with van der Waals surface area (Å²) in [7, 11) is 0. The van der Waals surface area contributed by atoms with Crippen LogP contribution in [0.25, 0.3) is 0 Å². The van der Waals surface area contributed by atoms with Crippen molar-refractivity contribution in [3.63, 3.8) is 0 Å². The first-order chi connectivity index (χ1) is 8.81. The van der Waals surface area contributed by atoms with Crippen LogP contribution in [0.1, 0.15) is 11.1 Å². The number of hydrogen-bond donors (Lipinski definition) is 1. The largest absolute Gasteiger partial charge is 0.339 e. The zero-order valence-corrected chi connectivity index (χ0v) is 10.8. The van der Waals surface area contributed by atoms with E-state index >= 15 is 0 Å². The first kappa shape index (κ1) is 11.6. The molecule has 0 unspecified atom stereocenters. The van der Waals surface area contributed by atoms with Gasteiger partial charge in [-0.2, -0.15) is 0 Å². The molecular formula is C15H15ClN2. The summed E-state index contributed by atoms with van der Waals surface area (Å²) in [4.78, 5) is 2.28. The topological polar surface area (TPSA) is 29.3 Å². The molecule has 0 aliphatic carbocycles. The predicted molar refractivity (Wildman–Crippen MR) is 76.5 cm³/mol. The van der Waals surface area contributed by atoms with E-state index in [0.717, 1.165) is 29.2 Å². The number of fused-ring (bicyclic) bond motifs is 1. The Morgan fingerprint density at radius 2 is 1.94 bits per heavy atom. The third-order valence-corrected chi connectivity index (χ3v) is 3.75. The highest BCUT2D eigenvalue weighted by Gasteiger charge is 2.23. The summed E-state index contributed by atoms with van der Waals surface area (Å²) in [5.41, 5.74) is 10.6. The molecule has 2 aromatic rings. The lowest BCUT2D eigenvalue weighted by molar-refractivity contribution is 0.972. The van der Waals surface area contributed by atoms with Crippen LogP contribution < -0.4 is 10.6 Å². The average Bonchev–Trinajstić information content (AvgIpc) is 2.82. The van der Waals surface area contributed by atoms with Gasteiger partial charge in [-0.3, -0.25) is 0 Å². The fourth-order valence-corrected chi connectivity index (χ4v) is 2.89. The predicted octanol–water partition coefficient (Wildman–Crippen LogP) is 3.49. The van der Waals surface area contributed by atoms with E-state index in [9.17, 15) is 0 Å². The maximum absolute atomic E-state index is 6.36. The van der Waals surface area contributed by atoms with Gasteiger partial charge in [-0.05, 0) is 29.7 Å². The maximum Gasteiger partial charge on any atom is 0.0646 e. The van der Waals surface area contributed by atoms with Gasteiger partial charge in [-0.25, -0.2) is 0 Å². The zero-order chi connectivity index (χ0) is 12.5. The van der Waals surface area contributed by atoms with E-state index in [0.29, 0.717) is 6.54 Å². The van der Waals surface area contributed by atoms with Gasteiger partial charge in [0.05, 0.1) is 10.7 Å². The molecule has 0 atom stereocenters. The molecule has 1 heterocycles. The minimum absolute atomic E-state index is 0.508. The van der Waals surface area contributed by atoms with Gasteiger partial charge in [0.1, 0.15) is 0 Å². The first-order valence-electron chi connectivity index (χ1n) is 6.14. The summed E-state index contributed by atoms with van der Waals surface area (Å²) in [5, 5.41) is 0.773. The summed E-state index contributed by atoms with van der Waals surface area (Å²) in [5.74, 6) is 0. The van der Waals surface area contributed by atoms with Crippen LogP contribution in [0.4, 0.5) is 11.4 Å².